The first-order valence-corrected chi connectivity index (χ1v) is 8.63. The molecule has 1 aromatic rings. The number of carbonyl (C=O) groups excluding carboxylic acids is 2. The van der Waals surface area contributed by atoms with E-state index in [-0.39, 0.29) is 18.2 Å². The van der Waals surface area contributed by atoms with E-state index in [2.05, 4.69) is 39.8 Å². The smallest absolute Gasteiger partial charge is 0.409 e. The average molecular weight is 348 g/mol. The number of nitrogens with zero attached hydrogens (tertiary/aromatic N) is 2. The van der Waals surface area contributed by atoms with Crippen molar-refractivity contribution >= 4 is 17.8 Å². The molecule has 1 heterocycles. The van der Waals surface area contributed by atoms with Gasteiger partial charge in [0.2, 0.25) is 0 Å². The Morgan fingerprint density at radius 2 is 2.00 bits per heavy atom. The number of methoxy groups -OCH3 is 1. The Balaban J connectivity index is 1.70. The van der Waals surface area contributed by atoms with Crippen molar-refractivity contribution in [2.24, 2.45) is 0 Å². The SMILES string of the molecule is COC(=O)N1CCC[C@@H](NC(=O)NCCc2ccc(N(C)C)cc2)C1. The van der Waals surface area contributed by atoms with Gasteiger partial charge >= 0.3 is 12.1 Å². The van der Waals surface area contributed by atoms with Crippen molar-refractivity contribution in [1.29, 1.82) is 0 Å². The Bertz CT molecular complexity index is 574. The van der Waals surface area contributed by atoms with E-state index in [0.717, 1.165) is 24.9 Å². The number of piperidine rings is 1. The lowest BCUT2D eigenvalue weighted by atomic mass is 10.1. The lowest BCUT2D eigenvalue weighted by Crippen LogP contribution is -2.52. The fourth-order valence-corrected chi connectivity index (χ4v) is 2.91. The molecule has 2 rings (SSSR count). The summed E-state index contributed by atoms with van der Waals surface area (Å²) in [5, 5.41) is 5.81. The molecule has 1 aliphatic rings. The number of urea groups is 1. The first-order chi connectivity index (χ1) is 12.0. The molecule has 2 N–H and O–H groups in total. The zero-order chi connectivity index (χ0) is 18.2. The number of hydrogen-bond donors (Lipinski definition) is 2. The van der Waals surface area contributed by atoms with Crippen molar-refractivity contribution in [1.82, 2.24) is 15.5 Å². The van der Waals surface area contributed by atoms with Crippen LogP contribution in [0.3, 0.4) is 0 Å². The Hall–Kier alpha value is -2.44. The Morgan fingerprint density at radius 3 is 2.64 bits per heavy atom. The quantitative estimate of drug-likeness (QED) is 0.851. The van der Waals surface area contributed by atoms with Gasteiger partial charge in [-0.25, -0.2) is 9.59 Å². The molecule has 25 heavy (non-hydrogen) atoms. The summed E-state index contributed by atoms with van der Waals surface area (Å²) < 4.78 is 4.74. The van der Waals surface area contributed by atoms with Gasteiger partial charge in [0.15, 0.2) is 0 Å². The molecule has 7 heteroatoms. The van der Waals surface area contributed by atoms with Gasteiger partial charge in [-0.1, -0.05) is 12.1 Å². The fourth-order valence-electron chi connectivity index (χ4n) is 2.91. The van der Waals surface area contributed by atoms with Gasteiger partial charge in [0.25, 0.3) is 0 Å². The summed E-state index contributed by atoms with van der Waals surface area (Å²) in [5.74, 6) is 0. The third kappa shape index (κ3) is 5.85. The maximum Gasteiger partial charge on any atom is 0.409 e. The molecule has 0 saturated carbocycles. The third-order valence-corrected chi connectivity index (χ3v) is 4.34. The standard InChI is InChI=1S/C18H28N4O3/c1-21(2)16-8-6-14(7-9-16)10-11-19-17(23)20-15-5-4-12-22(13-15)18(24)25-3/h6-9,15H,4-5,10-13H2,1-3H3,(H2,19,20,23)/t15-/m1/s1. The van der Waals surface area contributed by atoms with Crippen LogP contribution in [-0.2, 0) is 11.2 Å². The van der Waals surface area contributed by atoms with Crippen LogP contribution in [0.25, 0.3) is 0 Å². The van der Waals surface area contributed by atoms with Gasteiger partial charge < -0.3 is 25.2 Å². The van der Waals surface area contributed by atoms with Crippen LogP contribution >= 0.6 is 0 Å². The zero-order valence-electron chi connectivity index (χ0n) is 15.2. The number of carbonyl (C=O) groups is 2. The van der Waals surface area contributed by atoms with Crippen LogP contribution in [-0.4, -0.2) is 63.9 Å². The normalized spacial score (nSPS) is 16.9. The maximum atomic E-state index is 12.0. The van der Waals surface area contributed by atoms with E-state index < -0.39 is 0 Å². The highest BCUT2D eigenvalue weighted by molar-refractivity contribution is 5.74. The molecular weight excluding hydrogens is 320 g/mol. The molecule has 1 aromatic carbocycles. The molecule has 3 amide bonds. The molecule has 1 saturated heterocycles. The van der Waals surface area contributed by atoms with E-state index in [1.54, 1.807) is 4.90 Å². The number of ether oxygens (including phenoxy) is 1. The Labute approximate surface area is 149 Å². The van der Waals surface area contributed by atoms with Gasteiger partial charge in [-0.05, 0) is 37.0 Å². The molecule has 7 nitrogen and oxygen atoms in total. The highest BCUT2D eigenvalue weighted by Gasteiger charge is 2.24. The highest BCUT2D eigenvalue weighted by Crippen LogP contribution is 2.13. The van der Waals surface area contributed by atoms with E-state index in [9.17, 15) is 9.59 Å². The highest BCUT2D eigenvalue weighted by atomic mass is 16.5. The topological polar surface area (TPSA) is 73.9 Å². The molecule has 138 valence electrons. The summed E-state index contributed by atoms with van der Waals surface area (Å²) in [4.78, 5) is 27.3. The molecule has 1 aliphatic heterocycles. The number of anilines is 1. The molecule has 0 bridgehead atoms. The van der Waals surface area contributed by atoms with Gasteiger partial charge in [-0.3, -0.25) is 0 Å². The van der Waals surface area contributed by atoms with Crippen molar-refractivity contribution in [2.75, 3.05) is 45.7 Å². The fraction of sp³-hybridized carbons (Fsp3) is 0.556. The summed E-state index contributed by atoms with van der Waals surface area (Å²) in [5.41, 5.74) is 2.34. The number of nitrogens with one attached hydrogen (secondary N) is 2. The molecule has 0 aliphatic carbocycles. The van der Waals surface area contributed by atoms with E-state index in [0.29, 0.717) is 19.6 Å². The van der Waals surface area contributed by atoms with E-state index in [4.69, 9.17) is 4.74 Å². The summed E-state index contributed by atoms with van der Waals surface area (Å²) in [6.07, 6.45) is 2.17. The van der Waals surface area contributed by atoms with Crippen LogP contribution in [0.2, 0.25) is 0 Å². The third-order valence-electron chi connectivity index (χ3n) is 4.34. The predicted octanol–water partition coefficient (Wildman–Crippen LogP) is 1.83. The molecule has 1 fully saturated rings. The number of hydrogen-bond acceptors (Lipinski definition) is 4. The monoisotopic (exact) mass is 348 g/mol. The minimum Gasteiger partial charge on any atom is -0.453 e. The van der Waals surface area contributed by atoms with Crippen molar-refractivity contribution in [2.45, 2.75) is 25.3 Å². The van der Waals surface area contributed by atoms with Crippen molar-refractivity contribution in [3.05, 3.63) is 29.8 Å². The van der Waals surface area contributed by atoms with E-state index in [1.807, 2.05) is 14.1 Å². The second-order valence-electron chi connectivity index (χ2n) is 6.47. The molecular formula is C18H28N4O3. The van der Waals surface area contributed by atoms with Crippen molar-refractivity contribution < 1.29 is 14.3 Å². The summed E-state index contributed by atoms with van der Waals surface area (Å²) in [6, 6.07) is 8.06. The van der Waals surface area contributed by atoms with Crippen LogP contribution in [0, 0.1) is 0 Å². The zero-order valence-corrected chi connectivity index (χ0v) is 15.2. The van der Waals surface area contributed by atoms with Crippen LogP contribution in [0.4, 0.5) is 15.3 Å². The van der Waals surface area contributed by atoms with Crippen molar-refractivity contribution in [3.63, 3.8) is 0 Å². The van der Waals surface area contributed by atoms with Gasteiger partial charge in [-0.15, -0.1) is 0 Å². The summed E-state index contributed by atoms with van der Waals surface area (Å²) in [7, 11) is 5.39. The largest absolute Gasteiger partial charge is 0.453 e. The van der Waals surface area contributed by atoms with Gasteiger partial charge in [0.1, 0.15) is 0 Å². The molecule has 0 aromatic heterocycles. The predicted molar refractivity (Wildman–Crippen MR) is 98.0 cm³/mol. The second-order valence-corrected chi connectivity index (χ2v) is 6.47. The van der Waals surface area contributed by atoms with E-state index >= 15 is 0 Å². The molecule has 1 atom stereocenters. The second kappa shape index (κ2) is 9.15. The van der Waals surface area contributed by atoms with Gasteiger partial charge in [0.05, 0.1) is 7.11 Å². The molecule has 0 radical (unpaired) electrons. The van der Waals surface area contributed by atoms with Crippen LogP contribution in [0.1, 0.15) is 18.4 Å². The molecule has 0 unspecified atom stereocenters. The van der Waals surface area contributed by atoms with Gasteiger partial charge in [-0.2, -0.15) is 0 Å². The minimum atomic E-state index is -0.340. The first kappa shape index (κ1) is 18.9. The Kier molecular flexibility index (Phi) is 6.91. The lowest BCUT2D eigenvalue weighted by molar-refractivity contribution is 0.108. The van der Waals surface area contributed by atoms with Crippen molar-refractivity contribution in [3.8, 4) is 0 Å². The van der Waals surface area contributed by atoms with Crippen LogP contribution in [0.15, 0.2) is 24.3 Å². The van der Waals surface area contributed by atoms with E-state index in [1.165, 1.54) is 12.7 Å². The number of likely N-dealkylation sites (tertiary alicyclic amines) is 1. The number of rotatable bonds is 5. The van der Waals surface area contributed by atoms with Crippen LogP contribution in [0.5, 0.6) is 0 Å². The van der Waals surface area contributed by atoms with Crippen LogP contribution < -0.4 is 15.5 Å². The summed E-state index contributed by atoms with van der Waals surface area (Å²) >= 11 is 0. The Morgan fingerprint density at radius 1 is 1.28 bits per heavy atom. The number of benzene rings is 1. The maximum absolute atomic E-state index is 12.0. The lowest BCUT2D eigenvalue weighted by Gasteiger charge is -2.32. The van der Waals surface area contributed by atoms with Gasteiger partial charge in [0, 0.05) is 45.5 Å². The minimum absolute atomic E-state index is 0.0350. The molecule has 0 spiro atoms. The summed E-state index contributed by atoms with van der Waals surface area (Å²) in [6.45, 7) is 1.74. The first-order valence-electron chi connectivity index (χ1n) is 8.63. The number of amides is 3. The average Bonchev–Trinajstić information content (AvgIpc) is 2.61.